The first kappa shape index (κ1) is 23.7. The second-order valence-corrected chi connectivity index (χ2v) is 8.75. The Hall–Kier alpha value is -4.99. The Labute approximate surface area is 211 Å². The maximum absolute atomic E-state index is 13.9. The highest BCUT2D eigenvalue weighted by Crippen LogP contribution is 2.24. The summed E-state index contributed by atoms with van der Waals surface area (Å²) in [6.07, 6.45) is 1.45. The van der Waals surface area contributed by atoms with E-state index in [-0.39, 0.29) is 30.2 Å². The molecule has 0 saturated carbocycles. The molecule has 3 N–H and O–H groups in total. The number of carbonyl (C=O) groups is 1. The number of carbonyl (C=O) groups excluding carboxylic acids is 1. The van der Waals surface area contributed by atoms with Crippen LogP contribution in [-0.2, 0) is 20.1 Å². The zero-order chi connectivity index (χ0) is 26.1. The number of pyridine rings is 1. The Morgan fingerprint density at radius 1 is 1.03 bits per heavy atom. The van der Waals surface area contributed by atoms with Gasteiger partial charge < -0.3 is 5.73 Å². The lowest BCUT2D eigenvalue weighted by Gasteiger charge is -2.25. The zero-order valence-corrected chi connectivity index (χ0v) is 20.4. The van der Waals surface area contributed by atoms with Gasteiger partial charge in [0.05, 0.1) is 24.3 Å². The van der Waals surface area contributed by atoms with Gasteiger partial charge in [-0.1, -0.05) is 60.7 Å². The standard InChI is InChI=1S/C27H25N7O3/c1-17-21-13-20(14-29-24(21)32(2)31-17)26(36)33(15-18-9-5-3-6-10-18)22-23(28)34(27(37)30-25(22)35)16-19-11-7-4-8-12-19/h3-14H,15-16,28H2,1-2H3,(H,30,35,37). The molecule has 0 aliphatic carbocycles. The molecule has 0 saturated heterocycles. The number of nitrogens with zero attached hydrogens (tertiary/aromatic N) is 5. The zero-order valence-electron chi connectivity index (χ0n) is 20.4. The Morgan fingerprint density at radius 3 is 2.35 bits per heavy atom. The van der Waals surface area contributed by atoms with E-state index in [1.807, 2.05) is 67.6 Å². The molecular weight excluding hydrogens is 470 g/mol. The quantitative estimate of drug-likeness (QED) is 0.372. The number of nitrogens with one attached hydrogen (secondary N) is 1. The minimum absolute atomic E-state index is 0.0561. The van der Waals surface area contributed by atoms with E-state index in [1.54, 1.807) is 17.8 Å². The normalized spacial score (nSPS) is 11.1. The summed E-state index contributed by atoms with van der Waals surface area (Å²) in [5.41, 5.74) is 8.15. The maximum Gasteiger partial charge on any atom is 0.330 e. The minimum Gasteiger partial charge on any atom is -0.383 e. The number of fused-ring (bicyclic) bond motifs is 1. The summed E-state index contributed by atoms with van der Waals surface area (Å²) in [7, 11) is 1.78. The summed E-state index contributed by atoms with van der Waals surface area (Å²) in [4.78, 5) is 47.8. The number of H-pyrrole nitrogens is 1. The molecule has 0 unspecified atom stereocenters. The van der Waals surface area contributed by atoms with Crippen LogP contribution in [0.3, 0.4) is 0 Å². The van der Waals surface area contributed by atoms with Crippen molar-refractivity contribution in [2.24, 2.45) is 7.05 Å². The Morgan fingerprint density at radius 2 is 1.68 bits per heavy atom. The summed E-state index contributed by atoms with van der Waals surface area (Å²) in [6, 6.07) is 20.2. The van der Waals surface area contributed by atoms with Crippen LogP contribution < -0.4 is 21.9 Å². The van der Waals surface area contributed by atoms with Crippen molar-refractivity contribution in [3.8, 4) is 0 Å². The van der Waals surface area contributed by atoms with Crippen LogP contribution in [0.15, 0.2) is 82.5 Å². The monoisotopic (exact) mass is 495 g/mol. The van der Waals surface area contributed by atoms with Crippen LogP contribution in [0.25, 0.3) is 11.0 Å². The SMILES string of the molecule is Cc1nn(C)c2ncc(C(=O)N(Cc3ccccc3)c3c(N)n(Cc4ccccc4)c(=O)[nH]c3=O)cc12. The molecule has 3 aromatic heterocycles. The van der Waals surface area contributed by atoms with Crippen LogP contribution in [-0.4, -0.2) is 30.2 Å². The molecule has 0 atom stereocenters. The van der Waals surface area contributed by atoms with Gasteiger partial charge >= 0.3 is 5.69 Å². The fraction of sp³-hybridized carbons (Fsp3) is 0.148. The van der Waals surface area contributed by atoms with Gasteiger partial charge in [-0.15, -0.1) is 0 Å². The van der Waals surface area contributed by atoms with Crippen LogP contribution in [0.1, 0.15) is 27.2 Å². The molecule has 186 valence electrons. The van der Waals surface area contributed by atoms with Gasteiger partial charge in [0.2, 0.25) is 0 Å². The van der Waals surface area contributed by atoms with E-state index in [0.29, 0.717) is 5.65 Å². The highest BCUT2D eigenvalue weighted by Gasteiger charge is 2.26. The van der Waals surface area contributed by atoms with Gasteiger partial charge in [0.15, 0.2) is 11.3 Å². The van der Waals surface area contributed by atoms with E-state index in [2.05, 4.69) is 15.1 Å². The number of nitrogens with two attached hydrogens (primary N) is 1. The molecule has 37 heavy (non-hydrogen) atoms. The Balaban J connectivity index is 1.65. The first-order valence-electron chi connectivity index (χ1n) is 11.6. The van der Waals surface area contributed by atoms with Crippen molar-refractivity contribution in [2.45, 2.75) is 20.0 Å². The van der Waals surface area contributed by atoms with E-state index in [0.717, 1.165) is 22.2 Å². The third-order valence-electron chi connectivity index (χ3n) is 6.21. The van der Waals surface area contributed by atoms with E-state index in [1.165, 1.54) is 15.7 Å². The van der Waals surface area contributed by atoms with Crippen molar-refractivity contribution in [3.63, 3.8) is 0 Å². The Kier molecular flexibility index (Phi) is 6.14. The molecule has 5 rings (SSSR count). The summed E-state index contributed by atoms with van der Waals surface area (Å²) >= 11 is 0. The molecule has 0 bridgehead atoms. The molecule has 0 spiro atoms. The lowest BCUT2D eigenvalue weighted by molar-refractivity contribution is 0.0984. The van der Waals surface area contributed by atoms with Crippen molar-refractivity contribution in [3.05, 3.63) is 116 Å². The number of hydrogen-bond acceptors (Lipinski definition) is 6. The summed E-state index contributed by atoms with van der Waals surface area (Å²) in [6.45, 7) is 2.02. The first-order valence-corrected chi connectivity index (χ1v) is 11.6. The average Bonchev–Trinajstić information content (AvgIpc) is 3.19. The molecule has 0 aliphatic rings. The molecule has 5 aromatic rings. The predicted molar refractivity (Wildman–Crippen MR) is 141 cm³/mol. The van der Waals surface area contributed by atoms with E-state index in [4.69, 9.17) is 5.73 Å². The lowest BCUT2D eigenvalue weighted by Crippen LogP contribution is -2.41. The second kappa shape index (κ2) is 9.57. The maximum atomic E-state index is 13.9. The van der Waals surface area contributed by atoms with E-state index < -0.39 is 17.2 Å². The van der Waals surface area contributed by atoms with Gasteiger partial charge in [0.1, 0.15) is 5.82 Å². The molecule has 2 aromatic carbocycles. The summed E-state index contributed by atoms with van der Waals surface area (Å²) in [5, 5.41) is 5.09. The molecule has 0 aliphatic heterocycles. The number of rotatable bonds is 6. The lowest BCUT2D eigenvalue weighted by atomic mass is 10.1. The highest BCUT2D eigenvalue weighted by atomic mass is 16.2. The van der Waals surface area contributed by atoms with Gasteiger partial charge in [-0.3, -0.25) is 28.7 Å². The van der Waals surface area contributed by atoms with Crippen LogP contribution in [0.4, 0.5) is 11.5 Å². The van der Waals surface area contributed by atoms with Crippen molar-refractivity contribution in [1.29, 1.82) is 0 Å². The van der Waals surface area contributed by atoms with Gasteiger partial charge in [-0.05, 0) is 24.1 Å². The average molecular weight is 496 g/mol. The number of aryl methyl sites for hydroxylation is 2. The Bertz CT molecular complexity index is 1720. The third-order valence-corrected chi connectivity index (χ3v) is 6.21. The third kappa shape index (κ3) is 4.52. The molecule has 3 heterocycles. The van der Waals surface area contributed by atoms with Crippen molar-refractivity contribution >= 4 is 28.4 Å². The second-order valence-electron chi connectivity index (χ2n) is 8.75. The number of benzene rings is 2. The van der Waals surface area contributed by atoms with Crippen LogP contribution in [0.5, 0.6) is 0 Å². The number of nitrogen functional groups attached to an aromatic ring is 1. The number of aromatic amines is 1. The molecule has 10 nitrogen and oxygen atoms in total. The molecule has 0 radical (unpaired) electrons. The topological polar surface area (TPSA) is 132 Å². The number of hydrogen-bond donors (Lipinski definition) is 2. The summed E-state index contributed by atoms with van der Waals surface area (Å²) in [5.74, 6) is -0.586. The fourth-order valence-electron chi connectivity index (χ4n) is 4.36. The minimum atomic E-state index is -0.748. The van der Waals surface area contributed by atoms with E-state index >= 15 is 0 Å². The first-order chi connectivity index (χ1) is 17.8. The predicted octanol–water partition coefficient (Wildman–Crippen LogP) is 2.60. The van der Waals surface area contributed by atoms with Crippen molar-refractivity contribution in [2.75, 3.05) is 10.6 Å². The molecular formula is C27H25N7O3. The smallest absolute Gasteiger partial charge is 0.330 e. The number of amides is 1. The molecule has 0 fully saturated rings. The highest BCUT2D eigenvalue weighted by molar-refractivity contribution is 6.08. The fourth-order valence-corrected chi connectivity index (χ4v) is 4.36. The number of anilines is 2. The van der Waals surface area contributed by atoms with Crippen molar-refractivity contribution < 1.29 is 4.79 Å². The number of aromatic nitrogens is 5. The summed E-state index contributed by atoms with van der Waals surface area (Å²) < 4.78 is 2.90. The van der Waals surface area contributed by atoms with E-state index in [9.17, 15) is 14.4 Å². The molecule has 10 heteroatoms. The largest absolute Gasteiger partial charge is 0.383 e. The van der Waals surface area contributed by atoms with Crippen molar-refractivity contribution in [1.82, 2.24) is 24.3 Å². The van der Waals surface area contributed by atoms with Gasteiger partial charge in [0.25, 0.3) is 11.5 Å². The molecule has 1 amide bonds. The van der Waals surface area contributed by atoms with Crippen LogP contribution >= 0.6 is 0 Å². The van der Waals surface area contributed by atoms with Gasteiger partial charge in [-0.25, -0.2) is 9.78 Å². The van der Waals surface area contributed by atoms with Crippen LogP contribution in [0, 0.1) is 6.92 Å². The van der Waals surface area contributed by atoms with Crippen LogP contribution in [0.2, 0.25) is 0 Å². The van der Waals surface area contributed by atoms with Gasteiger partial charge in [-0.2, -0.15) is 5.10 Å². The van der Waals surface area contributed by atoms with Gasteiger partial charge in [0, 0.05) is 18.6 Å².